The molecule has 2 atom stereocenters. The fraction of sp³-hybridized carbons (Fsp3) is 0.857. The summed E-state index contributed by atoms with van der Waals surface area (Å²) < 4.78 is 0. The molecule has 5 N–H and O–H groups in total. The minimum Gasteiger partial charge on any atom is -0.480 e. The maximum atomic E-state index is 12.6. The van der Waals surface area contributed by atoms with Crippen molar-refractivity contribution in [2.24, 2.45) is 11.7 Å². The van der Waals surface area contributed by atoms with Crippen molar-refractivity contribution < 1.29 is 24.3 Å². The molecule has 0 unspecified atom stereocenters. The van der Waals surface area contributed by atoms with Crippen molar-refractivity contribution in [2.75, 3.05) is 0 Å². The summed E-state index contributed by atoms with van der Waals surface area (Å²) in [6.45, 7) is 6.08. The van der Waals surface area contributed by atoms with Crippen LogP contribution >= 0.6 is 0 Å². The minimum atomic E-state index is -1.41. The van der Waals surface area contributed by atoms with Crippen LogP contribution in [0.15, 0.2) is 0 Å². The van der Waals surface area contributed by atoms with Gasteiger partial charge in [-0.2, -0.15) is 0 Å². The van der Waals surface area contributed by atoms with Gasteiger partial charge in [-0.1, -0.05) is 111 Å². The van der Waals surface area contributed by atoms with Gasteiger partial charge in [0.05, 0.1) is 6.42 Å². The quantitative estimate of drug-likeness (QED) is 0.132. The van der Waals surface area contributed by atoms with Crippen LogP contribution in [0, 0.1) is 5.92 Å². The van der Waals surface area contributed by atoms with Crippen molar-refractivity contribution in [1.82, 2.24) is 10.6 Å². The predicted molar refractivity (Wildman–Crippen MR) is 144 cm³/mol. The maximum absolute atomic E-state index is 12.6. The van der Waals surface area contributed by atoms with Gasteiger partial charge >= 0.3 is 5.97 Å². The molecule has 210 valence electrons. The molecule has 0 rings (SSSR count). The molecule has 0 bridgehead atoms. The van der Waals surface area contributed by atoms with E-state index in [4.69, 9.17) is 5.73 Å². The molecule has 0 aliphatic heterocycles. The number of carboxylic acids is 1. The number of carbonyl (C=O) groups excluding carboxylic acids is 3. The summed E-state index contributed by atoms with van der Waals surface area (Å²) in [6.07, 6.45) is 19.0. The predicted octanol–water partition coefficient (Wildman–Crippen LogP) is 5.22. The van der Waals surface area contributed by atoms with Crippen molar-refractivity contribution in [3.05, 3.63) is 0 Å². The molecule has 8 nitrogen and oxygen atoms in total. The monoisotopic (exact) mass is 511 g/mol. The zero-order chi connectivity index (χ0) is 27.2. The van der Waals surface area contributed by atoms with Gasteiger partial charge in [0, 0.05) is 6.42 Å². The molecule has 0 aromatic rings. The summed E-state index contributed by atoms with van der Waals surface area (Å²) in [5.41, 5.74) is 5.07. The van der Waals surface area contributed by atoms with Crippen LogP contribution in [0.5, 0.6) is 0 Å². The van der Waals surface area contributed by atoms with Gasteiger partial charge in [0.15, 0.2) is 0 Å². The molecule has 0 aliphatic rings. The number of unbranched alkanes of at least 4 members (excludes halogenated alkanes) is 14. The summed E-state index contributed by atoms with van der Waals surface area (Å²) in [4.78, 5) is 47.3. The Bertz CT molecular complexity index is 624. The molecule has 0 aliphatic carbocycles. The van der Waals surface area contributed by atoms with Crippen LogP contribution in [0.3, 0.4) is 0 Å². The van der Waals surface area contributed by atoms with Crippen LogP contribution in [0.4, 0.5) is 0 Å². The number of amides is 3. The molecular weight excluding hydrogens is 458 g/mol. The standard InChI is InChI=1S/C28H53N3O5/c1-4-5-6-7-8-9-10-11-12-13-14-15-16-17-18-19-26(33)30-23(20-22(2)3)27(34)31-24(28(35)36)21-25(29)32/h22-24H,4-21H2,1-3H3,(H2,29,32)(H,30,33)(H,31,34)(H,35,36)/t23-,24-/m0/s1. The van der Waals surface area contributed by atoms with Crippen LogP contribution in [-0.4, -0.2) is 40.9 Å². The van der Waals surface area contributed by atoms with E-state index in [1.54, 1.807) is 0 Å². The third-order valence-electron chi connectivity index (χ3n) is 6.39. The minimum absolute atomic E-state index is 0.117. The average molecular weight is 512 g/mol. The first-order chi connectivity index (χ1) is 17.2. The molecule has 0 radical (unpaired) electrons. The zero-order valence-electron chi connectivity index (χ0n) is 23.1. The first kappa shape index (κ1) is 33.9. The van der Waals surface area contributed by atoms with Crippen LogP contribution in [0.1, 0.15) is 136 Å². The molecule has 0 fully saturated rings. The third-order valence-corrected chi connectivity index (χ3v) is 6.39. The first-order valence-electron chi connectivity index (χ1n) is 14.3. The van der Waals surface area contributed by atoms with Crippen molar-refractivity contribution in [2.45, 2.75) is 148 Å². The number of carboxylic acid groups (broad SMARTS) is 1. The van der Waals surface area contributed by atoms with Crippen molar-refractivity contribution in [3.8, 4) is 0 Å². The highest BCUT2D eigenvalue weighted by Gasteiger charge is 2.28. The van der Waals surface area contributed by atoms with E-state index in [-0.39, 0.29) is 11.8 Å². The SMILES string of the molecule is CCCCCCCCCCCCCCCCCC(=O)N[C@@H](CC(C)C)C(=O)N[C@@H](CC(N)=O)C(=O)O. The lowest BCUT2D eigenvalue weighted by molar-refractivity contribution is -0.143. The van der Waals surface area contributed by atoms with Crippen molar-refractivity contribution in [3.63, 3.8) is 0 Å². The van der Waals surface area contributed by atoms with E-state index in [1.165, 1.54) is 77.0 Å². The summed E-state index contributed by atoms with van der Waals surface area (Å²) in [6, 6.07) is -2.25. The van der Waals surface area contributed by atoms with Gasteiger partial charge in [0.1, 0.15) is 12.1 Å². The van der Waals surface area contributed by atoms with E-state index in [0.717, 1.165) is 19.3 Å². The fourth-order valence-corrected chi connectivity index (χ4v) is 4.30. The Morgan fingerprint density at radius 3 is 1.53 bits per heavy atom. The molecule has 0 saturated heterocycles. The highest BCUT2D eigenvalue weighted by Crippen LogP contribution is 2.14. The van der Waals surface area contributed by atoms with E-state index in [9.17, 15) is 24.3 Å². The first-order valence-corrected chi connectivity index (χ1v) is 14.3. The molecule has 0 aromatic carbocycles. The lowest BCUT2D eigenvalue weighted by atomic mass is 10.0. The van der Waals surface area contributed by atoms with Crippen molar-refractivity contribution in [1.29, 1.82) is 0 Å². The van der Waals surface area contributed by atoms with Gasteiger partial charge in [0.2, 0.25) is 17.7 Å². The van der Waals surface area contributed by atoms with Gasteiger partial charge < -0.3 is 21.5 Å². The lowest BCUT2D eigenvalue weighted by Crippen LogP contribution is -2.52. The highest BCUT2D eigenvalue weighted by molar-refractivity contribution is 5.92. The normalized spacial score (nSPS) is 12.8. The lowest BCUT2D eigenvalue weighted by Gasteiger charge is -2.22. The Morgan fingerprint density at radius 2 is 1.14 bits per heavy atom. The van der Waals surface area contributed by atoms with E-state index in [2.05, 4.69) is 17.6 Å². The number of aliphatic carboxylic acids is 1. The third kappa shape index (κ3) is 20.1. The second kappa shape index (κ2) is 22.1. The zero-order valence-corrected chi connectivity index (χ0v) is 23.1. The number of nitrogens with two attached hydrogens (primary N) is 1. The molecule has 0 spiro atoms. The summed E-state index contributed by atoms with van der Waals surface area (Å²) in [7, 11) is 0. The second-order valence-corrected chi connectivity index (χ2v) is 10.5. The molecule has 3 amide bonds. The maximum Gasteiger partial charge on any atom is 0.326 e. The van der Waals surface area contributed by atoms with Crippen LogP contribution in [0.2, 0.25) is 0 Å². The summed E-state index contributed by atoms with van der Waals surface area (Å²) in [5.74, 6) is -2.87. The molecule has 0 aromatic heterocycles. The highest BCUT2D eigenvalue weighted by atomic mass is 16.4. The molecule has 0 saturated carbocycles. The molecule has 8 heteroatoms. The van der Waals surface area contributed by atoms with Crippen LogP contribution in [0.25, 0.3) is 0 Å². The summed E-state index contributed by atoms with van der Waals surface area (Å²) in [5, 5.41) is 14.3. The van der Waals surface area contributed by atoms with Gasteiger partial charge in [-0.05, 0) is 18.8 Å². The Kier molecular flexibility index (Phi) is 20.8. The van der Waals surface area contributed by atoms with E-state index >= 15 is 0 Å². The van der Waals surface area contributed by atoms with Crippen LogP contribution < -0.4 is 16.4 Å². The van der Waals surface area contributed by atoms with E-state index < -0.39 is 36.3 Å². The van der Waals surface area contributed by atoms with Gasteiger partial charge in [-0.15, -0.1) is 0 Å². The van der Waals surface area contributed by atoms with Gasteiger partial charge in [-0.25, -0.2) is 4.79 Å². The summed E-state index contributed by atoms with van der Waals surface area (Å²) >= 11 is 0. The number of hydrogen-bond donors (Lipinski definition) is 4. The number of rotatable bonds is 24. The number of nitrogens with one attached hydrogen (secondary N) is 2. The fourth-order valence-electron chi connectivity index (χ4n) is 4.30. The van der Waals surface area contributed by atoms with Gasteiger partial charge in [-0.3, -0.25) is 14.4 Å². The van der Waals surface area contributed by atoms with E-state index in [1.807, 2.05) is 13.8 Å². The van der Waals surface area contributed by atoms with Crippen LogP contribution in [-0.2, 0) is 19.2 Å². The Morgan fingerprint density at radius 1 is 0.694 bits per heavy atom. The van der Waals surface area contributed by atoms with E-state index in [0.29, 0.717) is 12.8 Å². The molecule has 0 heterocycles. The number of carbonyl (C=O) groups is 4. The Labute approximate surface area is 218 Å². The Hall–Kier alpha value is -2.12. The number of hydrogen-bond acceptors (Lipinski definition) is 4. The number of primary amides is 1. The molecular formula is C28H53N3O5. The Balaban J connectivity index is 4.03. The topological polar surface area (TPSA) is 139 Å². The largest absolute Gasteiger partial charge is 0.480 e. The smallest absolute Gasteiger partial charge is 0.326 e. The second-order valence-electron chi connectivity index (χ2n) is 10.5. The van der Waals surface area contributed by atoms with Crippen molar-refractivity contribution >= 4 is 23.7 Å². The average Bonchev–Trinajstić information content (AvgIpc) is 2.80. The molecule has 36 heavy (non-hydrogen) atoms. The van der Waals surface area contributed by atoms with Gasteiger partial charge in [0.25, 0.3) is 0 Å².